The molecular formula is C18H16N4O2. The number of anilines is 1. The summed E-state index contributed by atoms with van der Waals surface area (Å²) in [5.74, 6) is 0.273. The molecule has 0 saturated carbocycles. The molecule has 0 radical (unpaired) electrons. The highest BCUT2D eigenvalue weighted by molar-refractivity contribution is 6.04. The predicted molar refractivity (Wildman–Crippen MR) is 91.9 cm³/mol. The van der Waals surface area contributed by atoms with Gasteiger partial charge in [0.25, 0.3) is 5.91 Å². The number of nitrogens with one attached hydrogen (secondary N) is 2. The van der Waals surface area contributed by atoms with Crippen molar-refractivity contribution >= 4 is 11.6 Å². The summed E-state index contributed by atoms with van der Waals surface area (Å²) < 4.78 is 5.53. The van der Waals surface area contributed by atoms with E-state index in [1.807, 2.05) is 30.3 Å². The second-order valence-corrected chi connectivity index (χ2v) is 4.93. The lowest BCUT2D eigenvalue weighted by molar-refractivity contribution is 0.102. The Bertz CT molecular complexity index is 843. The lowest BCUT2D eigenvalue weighted by Crippen LogP contribution is -2.13. The van der Waals surface area contributed by atoms with Crippen LogP contribution in [-0.2, 0) is 0 Å². The summed E-state index contributed by atoms with van der Waals surface area (Å²) in [4.78, 5) is 16.6. The predicted octanol–water partition coefficient (Wildman–Crippen LogP) is 3.29. The molecule has 0 fully saturated rings. The van der Waals surface area contributed by atoms with Gasteiger partial charge in [-0.3, -0.25) is 14.9 Å². The number of ether oxygens (including phenoxy) is 1. The monoisotopic (exact) mass is 320 g/mol. The Hall–Kier alpha value is -3.41. The van der Waals surface area contributed by atoms with Gasteiger partial charge in [0.1, 0.15) is 23.7 Å². The standard InChI is InChI=1S/C18H16N4O2/c1-2-11-24-17-9-4-3-8-14(17)20-18(23)16-12-15(21-22-16)13-7-5-6-10-19-13/h2-10,12H,1,11H2,(H,20,23)(H,21,22). The van der Waals surface area contributed by atoms with E-state index in [9.17, 15) is 4.79 Å². The first kappa shape index (κ1) is 15.5. The molecule has 2 aromatic heterocycles. The summed E-state index contributed by atoms with van der Waals surface area (Å²) >= 11 is 0. The molecule has 0 unspecified atom stereocenters. The van der Waals surface area contributed by atoms with Crippen molar-refractivity contribution in [2.24, 2.45) is 0 Å². The average molecular weight is 320 g/mol. The van der Waals surface area contributed by atoms with E-state index in [1.165, 1.54) is 0 Å². The maximum Gasteiger partial charge on any atom is 0.273 e. The summed E-state index contributed by atoms with van der Waals surface area (Å²) in [6.07, 6.45) is 3.32. The van der Waals surface area contributed by atoms with Crippen LogP contribution in [0, 0.1) is 0 Å². The Labute approximate surface area is 139 Å². The molecule has 6 heteroatoms. The maximum absolute atomic E-state index is 12.4. The number of para-hydroxylation sites is 2. The maximum atomic E-state index is 12.4. The number of pyridine rings is 1. The number of rotatable bonds is 6. The molecule has 0 bridgehead atoms. The highest BCUT2D eigenvalue weighted by Gasteiger charge is 2.13. The molecule has 0 saturated heterocycles. The zero-order valence-electron chi connectivity index (χ0n) is 12.9. The van der Waals surface area contributed by atoms with E-state index in [0.717, 1.165) is 0 Å². The van der Waals surface area contributed by atoms with Gasteiger partial charge in [0, 0.05) is 6.20 Å². The largest absolute Gasteiger partial charge is 0.487 e. The fraction of sp³-hybridized carbons (Fsp3) is 0.0556. The van der Waals surface area contributed by atoms with E-state index in [0.29, 0.717) is 35.1 Å². The number of hydrogen-bond acceptors (Lipinski definition) is 4. The SMILES string of the molecule is C=CCOc1ccccc1NC(=O)c1cc(-c2ccccn2)n[nH]1. The third-order valence-electron chi connectivity index (χ3n) is 3.24. The second-order valence-electron chi connectivity index (χ2n) is 4.93. The van der Waals surface area contributed by atoms with Gasteiger partial charge >= 0.3 is 0 Å². The minimum absolute atomic E-state index is 0.306. The third kappa shape index (κ3) is 3.49. The number of carbonyl (C=O) groups is 1. The molecule has 1 aromatic carbocycles. The first-order valence-electron chi connectivity index (χ1n) is 7.39. The topological polar surface area (TPSA) is 79.9 Å². The highest BCUT2D eigenvalue weighted by Crippen LogP contribution is 2.24. The Morgan fingerprint density at radius 3 is 2.83 bits per heavy atom. The van der Waals surface area contributed by atoms with Gasteiger partial charge in [-0.1, -0.05) is 30.9 Å². The number of H-pyrrole nitrogens is 1. The van der Waals surface area contributed by atoms with Gasteiger partial charge in [0.05, 0.1) is 11.4 Å². The Morgan fingerprint density at radius 1 is 1.21 bits per heavy atom. The molecule has 24 heavy (non-hydrogen) atoms. The lowest BCUT2D eigenvalue weighted by atomic mass is 10.2. The average Bonchev–Trinajstić information content (AvgIpc) is 3.12. The fourth-order valence-corrected chi connectivity index (χ4v) is 2.12. The molecule has 0 aliphatic rings. The Kier molecular flexibility index (Phi) is 4.67. The van der Waals surface area contributed by atoms with Crippen LogP contribution in [0.5, 0.6) is 5.75 Å². The van der Waals surface area contributed by atoms with Crippen LogP contribution < -0.4 is 10.1 Å². The van der Waals surface area contributed by atoms with Gasteiger partial charge in [-0.25, -0.2) is 0 Å². The van der Waals surface area contributed by atoms with Crippen molar-refractivity contribution in [3.63, 3.8) is 0 Å². The van der Waals surface area contributed by atoms with Crippen molar-refractivity contribution in [2.45, 2.75) is 0 Å². The molecule has 0 aliphatic heterocycles. The molecule has 3 aromatic rings. The van der Waals surface area contributed by atoms with E-state index in [-0.39, 0.29) is 5.91 Å². The van der Waals surface area contributed by atoms with Gasteiger partial charge in [0.15, 0.2) is 0 Å². The van der Waals surface area contributed by atoms with Crippen molar-refractivity contribution in [3.8, 4) is 17.1 Å². The second kappa shape index (κ2) is 7.23. The van der Waals surface area contributed by atoms with Crippen LogP contribution >= 0.6 is 0 Å². The summed E-state index contributed by atoms with van der Waals surface area (Å²) in [5, 5.41) is 9.67. The lowest BCUT2D eigenvalue weighted by Gasteiger charge is -2.10. The van der Waals surface area contributed by atoms with E-state index in [1.54, 1.807) is 30.5 Å². The van der Waals surface area contributed by atoms with Crippen LogP contribution in [-0.4, -0.2) is 27.7 Å². The minimum atomic E-state index is -0.306. The smallest absolute Gasteiger partial charge is 0.273 e. The number of benzene rings is 1. The molecule has 120 valence electrons. The molecule has 2 N–H and O–H groups in total. The fourth-order valence-electron chi connectivity index (χ4n) is 2.12. The van der Waals surface area contributed by atoms with Gasteiger partial charge in [0.2, 0.25) is 0 Å². The molecule has 1 amide bonds. The molecule has 6 nitrogen and oxygen atoms in total. The van der Waals surface area contributed by atoms with Crippen LogP contribution in [0.15, 0.2) is 67.4 Å². The first-order chi connectivity index (χ1) is 11.8. The van der Waals surface area contributed by atoms with Crippen molar-refractivity contribution < 1.29 is 9.53 Å². The molecule has 0 atom stereocenters. The van der Waals surface area contributed by atoms with Crippen LogP contribution in [0.3, 0.4) is 0 Å². The molecule has 3 rings (SSSR count). The van der Waals surface area contributed by atoms with E-state index < -0.39 is 0 Å². The first-order valence-corrected chi connectivity index (χ1v) is 7.39. The zero-order valence-corrected chi connectivity index (χ0v) is 12.9. The number of aromatic amines is 1. The normalized spacial score (nSPS) is 10.2. The van der Waals surface area contributed by atoms with E-state index >= 15 is 0 Å². The van der Waals surface area contributed by atoms with Gasteiger partial charge in [-0.2, -0.15) is 5.10 Å². The molecule has 0 spiro atoms. The summed E-state index contributed by atoms with van der Waals surface area (Å²) in [6.45, 7) is 3.98. The van der Waals surface area contributed by atoms with Crippen molar-refractivity contribution in [2.75, 3.05) is 11.9 Å². The van der Waals surface area contributed by atoms with Gasteiger partial charge < -0.3 is 10.1 Å². The number of aromatic nitrogens is 3. The van der Waals surface area contributed by atoms with Crippen LogP contribution in [0.2, 0.25) is 0 Å². The number of carbonyl (C=O) groups excluding carboxylic acids is 1. The van der Waals surface area contributed by atoms with Gasteiger partial charge in [-0.05, 0) is 30.3 Å². The molecule has 2 heterocycles. The zero-order chi connectivity index (χ0) is 16.8. The van der Waals surface area contributed by atoms with Crippen molar-refractivity contribution in [3.05, 3.63) is 73.1 Å². The van der Waals surface area contributed by atoms with Crippen LogP contribution in [0.25, 0.3) is 11.4 Å². The quantitative estimate of drug-likeness (QED) is 0.683. The minimum Gasteiger partial charge on any atom is -0.487 e. The van der Waals surface area contributed by atoms with E-state index in [4.69, 9.17) is 4.74 Å². The molecule has 0 aliphatic carbocycles. The summed E-state index contributed by atoms with van der Waals surface area (Å²) in [7, 11) is 0. The molecular weight excluding hydrogens is 304 g/mol. The van der Waals surface area contributed by atoms with Crippen LogP contribution in [0.1, 0.15) is 10.5 Å². The van der Waals surface area contributed by atoms with Gasteiger partial charge in [-0.15, -0.1) is 0 Å². The number of hydrogen-bond donors (Lipinski definition) is 2. The number of nitrogens with zero attached hydrogens (tertiary/aromatic N) is 2. The third-order valence-corrected chi connectivity index (χ3v) is 3.24. The van der Waals surface area contributed by atoms with E-state index in [2.05, 4.69) is 27.1 Å². The Morgan fingerprint density at radius 2 is 2.04 bits per heavy atom. The number of amides is 1. The highest BCUT2D eigenvalue weighted by atomic mass is 16.5. The van der Waals surface area contributed by atoms with Crippen molar-refractivity contribution in [1.29, 1.82) is 0 Å². The van der Waals surface area contributed by atoms with Crippen LogP contribution in [0.4, 0.5) is 5.69 Å². The Balaban J connectivity index is 1.76. The van der Waals surface area contributed by atoms with Crippen molar-refractivity contribution in [1.82, 2.24) is 15.2 Å². The summed E-state index contributed by atoms with van der Waals surface area (Å²) in [5.41, 5.74) is 2.23. The summed E-state index contributed by atoms with van der Waals surface area (Å²) in [6, 6.07) is 14.4.